The molecule has 2 amide bonds. The molecule has 0 aliphatic heterocycles. The van der Waals surface area contributed by atoms with E-state index in [0.717, 1.165) is 12.1 Å². The number of hydrogen-bond donors (Lipinski definition) is 4. The van der Waals surface area contributed by atoms with Crippen molar-refractivity contribution in [2.24, 2.45) is 0 Å². The number of carbonyl (C=O) groups is 2. The van der Waals surface area contributed by atoms with Crippen molar-refractivity contribution < 1.29 is 27.2 Å². The summed E-state index contributed by atoms with van der Waals surface area (Å²) in [5, 5.41) is 8.16. The van der Waals surface area contributed by atoms with E-state index in [1.165, 1.54) is 18.5 Å². The Labute approximate surface area is 192 Å². The van der Waals surface area contributed by atoms with Crippen LogP contribution in [-0.4, -0.2) is 27.3 Å². The van der Waals surface area contributed by atoms with Crippen LogP contribution < -0.4 is 21.7 Å². The van der Waals surface area contributed by atoms with Crippen molar-refractivity contribution in [2.75, 3.05) is 11.1 Å². The van der Waals surface area contributed by atoms with Gasteiger partial charge in [-0.2, -0.15) is 0 Å². The minimum Gasteiger partial charge on any atom is -0.418 e. The molecule has 0 bridgehead atoms. The zero-order valence-electron chi connectivity index (χ0n) is 18.0. The maximum atomic E-state index is 13.8. The fourth-order valence-electron chi connectivity index (χ4n) is 3.29. The number of benzene rings is 1. The summed E-state index contributed by atoms with van der Waals surface area (Å²) in [7, 11) is 0. The molecule has 4 rings (SSSR count). The fourth-order valence-corrected chi connectivity index (χ4v) is 3.29. The Bertz CT molecular complexity index is 1220. The van der Waals surface area contributed by atoms with E-state index < -0.39 is 28.7 Å². The van der Waals surface area contributed by atoms with Gasteiger partial charge in [0.15, 0.2) is 0 Å². The smallest absolute Gasteiger partial charge is 0.292 e. The first-order chi connectivity index (χ1) is 16.1. The second-order valence-electron chi connectivity index (χ2n) is 8.02. The van der Waals surface area contributed by atoms with Crippen molar-refractivity contribution in [1.82, 2.24) is 20.6 Å². The second-order valence-corrected chi connectivity index (χ2v) is 8.02. The van der Waals surface area contributed by atoms with E-state index in [2.05, 4.69) is 25.9 Å². The average molecular weight is 474 g/mol. The highest BCUT2D eigenvalue weighted by atomic mass is 19.3. The van der Waals surface area contributed by atoms with Gasteiger partial charge >= 0.3 is 0 Å². The highest BCUT2D eigenvalue weighted by Crippen LogP contribution is 2.36. The lowest BCUT2D eigenvalue weighted by atomic mass is 10.1. The minimum absolute atomic E-state index is 0.0525. The third-order valence-corrected chi connectivity index (χ3v) is 5.27. The van der Waals surface area contributed by atoms with Crippen LogP contribution in [0.3, 0.4) is 0 Å². The van der Waals surface area contributed by atoms with Gasteiger partial charge in [-0.25, -0.2) is 18.2 Å². The zero-order chi connectivity index (χ0) is 24.5. The number of nitrogen functional groups attached to an aromatic ring is 1. The molecule has 34 heavy (non-hydrogen) atoms. The zero-order valence-corrected chi connectivity index (χ0v) is 18.0. The molecule has 9 nitrogen and oxygen atoms in total. The van der Waals surface area contributed by atoms with E-state index in [0.29, 0.717) is 31.1 Å². The van der Waals surface area contributed by atoms with Gasteiger partial charge in [-0.05, 0) is 43.2 Å². The molecule has 5 N–H and O–H groups in total. The number of hydrogen-bond acceptors (Lipinski definition) is 7. The summed E-state index contributed by atoms with van der Waals surface area (Å²) in [5.41, 5.74) is 4.80. The summed E-state index contributed by atoms with van der Waals surface area (Å²) in [6.07, 6.45) is 3.51. The van der Waals surface area contributed by atoms with Crippen molar-refractivity contribution in [1.29, 1.82) is 0 Å². The summed E-state index contributed by atoms with van der Waals surface area (Å²) in [5.74, 6) is -5.06. The van der Waals surface area contributed by atoms with Crippen molar-refractivity contribution in [3.63, 3.8) is 0 Å². The van der Waals surface area contributed by atoms with E-state index in [9.17, 15) is 22.8 Å². The second kappa shape index (κ2) is 8.69. The van der Waals surface area contributed by atoms with Gasteiger partial charge in [0.05, 0.1) is 30.3 Å². The summed E-state index contributed by atoms with van der Waals surface area (Å²) in [6.45, 7) is 0.772. The maximum Gasteiger partial charge on any atom is 0.292 e. The molecule has 1 saturated carbocycles. The van der Waals surface area contributed by atoms with Gasteiger partial charge in [0.1, 0.15) is 11.4 Å². The first-order valence-corrected chi connectivity index (χ1v) is 10.3. The van der Waals surface area contributed by atoms with Crippen LogP contribution in [0.25, 0.3) is 0 Å². The molecule has 0 spiro atoms. The van der Waals surface area contributed by atoms with Crippen molar-refractivity contribution in [2.45, 2.75) is 37.8 Å². The predicted molar refractivity (Wildman–Crippen MR) is 116 cm³/mol. The van der Waals surface area contributed by atoms with Crippen molar-refractivity contribution in [3.05, 3.63) is 65.6 Å². The summed E-state index contributed by atoms with van der Waals surface area (Å²) >= 11 is 0. The molecule has 0 atom stereocenters. The number of amides is 2. The molecular weight excluding hydrogens is 453 g/mol. The van der Waals surface area contributed by atoms with E-state index in [-0.39, 0.29) is 29.9 Å². The van der Waals surface area contributed by atoms with Crippen LogP contribution in [0.15, 0.2) is 47.1 Å². The van der Waals surface area contributed by atoms with E-state index in [1.54, 1.807) is 12.1 Å². The van der Waals surface area contributed by atoms with Gasteiger partial charge in [-0.15, -0.1) is 0 Å². The Morgan fingerprint density at radius 2 is 1.94 bits per heavy atom. The molecule has 2 aromatic heterocycles. The molecular formula is C22H21F3N6O3. The standard InChI is InChI=1S/C22H21F3N6O3/c1-21(24,25)15-8-12(23)2-5-16(15)30-14-4-3-13(27-10-14)9-28-19(33)22(6-7-22)31-18(32)17-11-29-20(26)34-17/h2-5,8,10-11,30H,6-7,9H2,1H3,(H2,26,29)(H,28,33)(H,31,32). The molecule has 1 aliphatic carbocycles. The van der Waals surface area contributed by atoms with Crippen LogP contribution in [0.2, 0.25) is 0 Å². The molecule has 1 fully saturated rings. The maximum absolute atomic E-state index is 13.8. The fraction of sp³-hybridized carbons (Fsp3) is 0.273. The van der Waals surface area contributed by atoms with Gasteiger partial charge in [0.2, 0.25) is 11.7 Å². The largest absolute Gasteiger partial charge is 0.418 e. The number of nitrogens with zero attached hydrogens (tertiary/aromatic N) is 2. The van der Waals surface area contributed by atoms with Crippen molar-refractivity contribution >= 4 is 29.2 Å². The number of carbonyl (C=O) groups excluding carboxylic acids is 2. The van der Waals surface area contributed by atoms with Crippen LogP contribution in [0.4, 0.5) is 30.6 Å². The molecule has 0 unspecified atom stereocenters. The van der Waals surface area contributed by atoms with Crippen LogP contribution in [0.1, 0.15) is 41.6 Å². The molecule has 178 valence electrons. The highest BCUT2D eigenvalue weighted by molar-refractivity contribution is 5.99. The van der Waals surface area contributed by atoms with Crippen LogP contribution in [-0.2, 0) is 17.3 Å². The lowest BCUT2D eigenvalue weighted by Gasteiger charge is -2.18. The Kier molecular flexibility index (Phi) is 5.90. The van der Waals surface area contributed by atoms with Gasteiger partial charge in [0.25, 0.3) is 17.8 Å². The Morgan fingerprint density at radius 1 is 1.18 bits per heavy atom. The lowest BCUT2D eigenvalue weighted by molar-refractivity contribution is -0.124. The molecule has 2 heterocycles. The van der Waals surface area contributed by atoms with Gasteiger partial charge in [-0.1, -0.05) is 0 Å². The number of nitrogens with one attached hydrogen (secondary N) is 3. The van der Waals surface area contributed by atoms with Crippen LogP contribution in [0.5, 0.6) is 0 Å². The summed E-state index contributed by atoms with van der Waals surface area (Å²) in [4.78, 5) is 32.7. The quantitative estimate of drug-likeness (QED) is 0.394. The van der Waals surface area contributed by atoms with Gasteiger partial charge < -0.3 is 26.1 Å². The normalized spacial score (nSPS) is 14.4. The summed E-state index contributed by atoms with van der Waals surface area (Å²) < 4.78 is 46.0. The third kappa shape index (κ3) is 5.11. The topological polar surface area (TPSA) is 135 Å². The van der Waals surface area contributed by atoms with Crippen LogP contribution in [0, 0.1) is 5.82 Å². The number of pyridine rings is 1. The molecule has 0 radical (unpaired) electrons. The number of halogens is 3. The average Bonchev–Trinajstić information content (AvgIpc) is 3.44. The Balaban J connectivity index is 1.35. The molecule has 1 aromatic carbocycles. The number of nitrogens with two attached hydrogens (primary N) is 1. The van der Waals surface area contributed by atoms with Gasteiger partial charge in [0, 0.05) is 18.2 Å². The first-order valence-electron chi connectivity index (χ1n) is 10.3. The first kappa shape index (κ1) is 23.1. The minimum atomic E-state index is -3.24. The highest BCUT2D eigenvalue weighted by Gasteiger charge is 2.51. The number of aromatic nitrogens is 2. The molecule has 3 aromatic rings. The van der Waals surface area contributed by atoms with E-state index in [1.807, 2.05) is 0 Å². The third-order valence-electron chi connectivity index (χ3n) is 5.27. The molecule has 0 saturated heterocycles. The summed E-state index contributed by atoms with van der Waals surface area (Å²) in [6, 6.07) is 6.14. The Morgan fingerprint density at radius 3 is 2.53 bits per heavy atom. The SMILES string of the molecule is CC(F)(F)c1cc(F)ccc1Nc1ccc(CNC(=O)C2(NC(=O)c3cnc(N)o3)CC2)nc1. The lowest BCUT2D eigenvalue weighted by Crippen LogP contribution is -2.48. The van der Waals surface area contributed by atoms with E-state index in [4.69, 9.17) is 10.2 Å². The predicted octanol–water partition coefficient (Wildman–Crippen LogP) is 3.23. The van der Waals surface area contributed by atoms with Crippen molar-refractivity contribution in [3.8, 4) is 0 Å². The molecule has 12 heteroatoms. The van der Waals surface area contributed by atoms with Gasteiger partial charge in [-0.3, -0.25) is 14.6 Å². The van der Waals surface area contributed by atoms with E-state index >= 15 is 0 Å². The number of anilines is 3. The number of rotatable bonds is 8. The number of alkyl halides is 2. The monoisotopic (exact) mass is 474 g/mol. The molecule has 1 aliphatic rings. The number of oxazole rings is 1. The van der Waals surface area contributed by atoms with Crippen LogP contribution >= 0.6 is 0 Å². The Hall–Kier alpha value is -4.09.